The summed E-state index contributed by atoms with van der Waals surface area (Å²) in [6, 6.07) is 13.7. The first-order valence-electron chi connectivity index (χ1n) is 5.54. The molecule has 0 radical (unpaired) electrons. The maximum atomic E-state index is 6.42. The fourth-order valence-corrected chi connectivity index (χ4v) is 3.58. The Bertz CT molecular complexity index is 565. The first-order chi connectivity index (χ1) is 9.28. The van der Waals surface area contributed by atoms with Gasteiger partial charge in [-0.1, -0.05) is 106 Å². The third-order valence-electron chi connectivity index (χ3n) is 2.82. The van der Waals surface area contributed by atoms with Gasteiger partial charge in [-0.05, 0) is 12.1 Å². The smallest absolute Gasteiger partial charge is 0.0925 e. The minimum Gasteiger partial charge on any atom is -0.0925 e. The molecule has 0 heterocycles. The molecular weight excluding hydrogens is 381 g/mol. The van der Waals surface area contributed by atoms with Crippen molar-refractivity contribution in [2.45, 2.75) is 8.67 Å². The molecule has 0 bridgehead atoms. The topological polar surface area (TPSA) is 0 Å². The van der Waals surface area contributed by atoms with Gasteiger partial charge in [0.15, 0.2) is 8.67 Å². The summed E-state index contributed by atoms with van der Waals surface area (Å²) in [6.45, 7) is 0. The summed E-state index contributed by atoms with van der Waals surface area (Å²) in [6.07, 6.45) is 0. The van der Waals surface area contributed by atoms with Gasteiger partial charge in [0, 0.05) is 21.2 Å². The lowest BCUT2D eigenvalue weighted by atomic mass is 10.0. The average Bonchev–Trinajstić information content (AvgIpc) is 2.39. The zero-order valence-corrected chi connectivity index (χ0v) is 14.4. The molecule has 0 N–H and O–H groups in total. The van der Waals surface area contributed by atoms with Crippen LogP contribution in [0.1, 0.15) is 11.1 Å². The molecule has 0 saturated heterocycles. The number of halogens is 6. The van der Waals surface area contributed by atoms with Crippen molar-refractivity contribution in [2.24, 2.45) is 0 Å². The molecule has 0 unspecified atom stereocenters. The number of rotatable bonds is 3. The number of hydrogen-bond acceptors (Lipinski definition) is 0. The van der Waals surface area contributed by atoms with Crippen LogP contribution in [0.5, 0.6) is 0 Å². The maximum absolute atomic E-state index is 6.42. The Morgan fingerprint density at radius 1 is 0.550 bits per heavy atom. The van der Waals surface area contributed by atoms with Crippen LogP contribution in [0.2, 0.25) is 10.0 Å². The molecule has 20 heavy (non-hydrogen) atoms. The molecule has 0 spiro atoms. The molecule has 2 rings (SSSR count). The van der Waals surface area contributed by atoms with Gasteiger partial charge in [-0.3, -0.25) is 0 Å². The van der Waals surface area contributed by atoms with Crippen LogP contribution < -0.4 is 0 Å². The molecule has 0 aliphatic heterocycles. The molecule has 0 saturated carbocycles. The van der Waals surface area contributed by atoms with Crippen LogP contribution in [0.15, 0.2) is 48.5 Å². The van der Waals surface area contributed by atoms with E-state index in [-0.39, 0.29) is 0 Å². The Morgan fingerprint density at radius 3 is 1.15 bits per heavy atom. The molecule has 106 valence electrons. The van der Waals surface area contributed by atoms with Gasteiger partial charge in [-0.15, -0.1) is 0 Å². The summed E-state index contributed by atoms with van der Waals surface area (Å²) in [7, 11) is 0. The first-order valence-corrected chi connectivity index (χ1v) is 7.81. The number of alkyl halides is 4. The molecular formula is C14H8Cl6. The second kappa shape index (κ2) is 6.12. The SMILES string of the molecule is Clc1ccccc1C(Cl)(Cl)C(Cl)(Cl)c1ccccc1Cl. The van der Waals surface area contributed by atoms with Crippen LogP contribution in [-0.4, -0.2) is 0 Å². The number of benzene rings is 2. The van der Waals surface area contributed by atoms with E-state index in [1.54, 1.807) is 48.5 Å². The van der Waals surface area contributed by atoms with Crippen LogP contribution in [0, 0.1) is 0 Å². The van der Waals surface area contributed by atoms with E-state index in [0.717, 1.165) is 0 Å². The lowest BCUT2D eigenvalue weighted by molar-refractivity contribution is 0.732. The van der Waals surface area contributed by atoms with Crippen LogP contribution >= 0.6 is 69.6 Å². The highest BCUT2D eigenvalue weighted by Gasteiger charge is 2.51. The summed E-state index contributed by atoms with van der Waals surface area (Å²) in [4.78, 5) is 0. The van der Waals surface area contributed by atoms with Crippen molar-refractivity contribution in [2.75, 3.05) is 0 Å². The van der Waals surface area contributed by atoms with Gasteiger partial charge < -0.3 is 0 Å². The normalized spacial score (nSPS) is 12.5. The van der Waals surface area contributed by atoms with Gasteiger partial charge in [-0.25, -0.2) is 0 Å². The van der Waals surface area contributed by atoms with Crippen molar-refractivity contribution >= 4 is 69.6 Å². The van der Waals surface area contributed by atoms with E-state index in [1.165, 1.54) is 0 Å². The minimum atomic E-state index is -1.67. The quantitative estimate of drug-likeness (QED) is 0.499. The van der Waals surface area contributed by atoms with Crippen molar-refractivity contribution in [1.29, 1.82) is 0 Å². The van der Waals surface area contributed by atoms with Gasteiger partial charge in [0.2, 0.25) is 0 Å². The Balaban J connectivity index is 2.58. The molecule has 0 aromatic heterocycles. The summed E-state index contributed by atoms with van der Waals surface area (Å²) >= 11 is 37.9. The van der Waals surface area contributed by atoms with Crippen molar-refractivity contribution in [3.8, 4) is 0 Å². The predicted molar refractivity (Wildman–Crippen MR) is 89.7 cm³/mol. The van der Waals surface area contributed by atoms with Gasteiger partial charge >= 0.3 is 0 Å². The van der Waals surface area contributed by atoms with Crippen LogP contribution in [-0.2, 0) is 8.67 Å². The van der Waals surface area contributed by atoms with Gasteiger partial charge in [0.05, 0.1) is 0 Å². The third-order valence-corrected chi connectivity index (χ3v) is 5.81. The molecule has 6 heteroatoms. The lowest BCUT2D eigenvalue weighted by Gasteiger charge is -2.34. The first kappa shape index (κ1) is 16.5. The molecule has 2 aromatic carbocycles. The molecule has 0 aliphatic carbocycles. The van der Waals surface area contributed by atoms with E-state index in [1.807, 2.05) is 0 Å². The van der Waals surface area contributed by atoms with E-state index in [2.05, 4.69) is 0 Å². The highest BCUT2D eigenvalue weighted by molar-refractivity contribution is 6.62. The molecule has 0 atom stereocenters. The minimum absolute atomic E-state index is 0.371. The van der Waals surface area contributed by atoms with E-state index in [4.69, 9.17) is 69.6 Å². The standard InChI is InChI=1S/C14H8Cl6/c15-11-7-3-1-5-9(11)13(17,18)14(19,20)10-6-2-4-8-12(10)16/h1-8H. The lowest BCUT2D eigenvalue weighted by Crippen LogP contribution is -2.32. The van der Waals surface area contributed by atoms with Gasteiger partial charge in [0.25, 0.3) is 0 Å². The van der Waals surface area contributed by atoms with Crippen LogP contribution in [0.3, 0.4) is 0 Å². The molecule has 0 fully saturated rings. The summed E-state index contributed by atoms with van der Waals surface area (Å²) < 4.78 is -3.33. The zero-order valence-electron chi connectivity index (χ0n) is 9.89. The van der Waals surface area contributed by atoms with Crippen molar-refractivity contribution in [3.63, 3.8) is 0 Å². The molecule has 2 aromatic rings. The second-order valence-electron chi connectivity index (χ2n) is 4.11. The van der Waals surface area contributed by atoms with E-state index in [0.29, 0.717) is 21.2 Å². The Labute approximate surface area is 147 Å². The largest absolute Gasteiger partial charge is 0.181 e. The Kier molecular flexibility index (Phi) is 5.07. The second-order valence-corrected chi connectivity index (χ2v) is 7.58. The monoisotopic (exact) mass is 386 g/mol. The summed E-state index contributed by atoms with van der Waals surface area (Å²) in [5.74, 6) is 0. The maximum Gasteiger partial charge on any atom is 0.181 e. The zero-order chi connectivity index (χ0) is 15.0. The van der Waals surface area contributed by atoms with E-state index >= 15 is 0 Å². The molecule has 0 nitrogen and oxygen atoms in total. The fraction of sp³-hybridized carbons (Fsp3) is 0.143. The van der Waals surface area contributed by atoms with Gasteiger partial charge in [-0.2, -0.15) is 0 Å². The van der Waals surface area contributed by atoms with Gasteiger partial charge in [0.1, 0.15) is 0 Å². The Hall–Kier alpha value is 0.180. The van der Waals surface area contributed by atoms with Crippen molar-refractivity contribution in [3.05, 3.63) is 69.7 Å². The summed E-state index contributed by atoms with van der Waals surface area (Å²) in [5, 5.41) is 0.741. The summed E-state index contributed by atoms with van der Waals surface area (Å²) in [5.41, 5.74) is 0.824. The van der Waals surface area contributed by atoms with E-state index in [9.17, 15) is 0 Å². The van der Waals surface area contributed by atoms with Crippen molar-refractivity contribution < 1.29 is 0 Å². The number of hydrogen-bond donors (Lipinski definition) is 0. The van der Waals surface area contributed by atoms with E-state index < -0.39 is 8.67 Å². The Morgan fingerprint density at radius 2 is 0.850 bits per heavy atom. The van der Waals surface area contributed by atoms with Crippen LogP contribution in [0.25, 0.3) is 0 Å². The highest BCUT2D eigenvalue weighted by atomic mass is 35.5. The van der Waals surface area contributed by atoms with Crippen LogP contribution in [0.4, 0.5) is 0 Å². The molecule has 0 aliphatic rings. The highest BCUT2D eigenvalue weighted by Crippen LogP contribution is 2.58. The average molecular weight is 389 g/mol. The molecule has 0 amide bonds. The third kappa shape index (κ3) is 2.88. The fourth-order valence-electron chi connectivity index (χ4n) is 1.77. The van der Waals surface area contributed by atoms with Crippen molar-refractivity contribution in [1.82, 2.24) is 0 Å². The predicted octanol–water partition coefficient (Wildman–Crippen LogP) is 6.95.